The van der Waals surface area contributed by atoms with Crippen LogP contribution in [-0.4, -0.2) is 47.5 Å². The smallest absolute Gasteiger partial charge is 0.318 e. The van der Waals surface area contributed by atoms with E-state index in [1.54, 1.807) is 4.90 Å². The lowest BCUT2D eigenvalue weighted by Gasteiger charge is -2.22. The molecule has 6 heteroatoms. The third-order valence-electron chi connectivity index (χ3n) is 5.38. The van der Waals surface area contributed by atoms with Gasteiger partial charge in [-0.2, -0.15) is 0 Å². The summed E-state index contributed by atoms with van der Waals surface area (Å²) in [6.07, 6.45) is 1.12. The second-order valence-electron chi connectivity index (χ2n) is 8.21. The second kappa shape index (κ2) is 10.8. The van der Waals surface area contributed by atoms with Crippen molar-refractivity contribution in [1.29, 1.82) is 0 Å². The topological polar surface area (TPSA) is 61.9 Å². The molecule has 0 atom stereocenters. The lowest BCUT2D eigenvalue weighted by molar-refractivity contribution is -0.131. The van der Waals surface area contributed by atoms with E-state index in [2.05, 4.69) is 11.4 Å². The summed E-state index contributed by atoms with van der Waals surface area (Å²) in [6, 6.07) is 16.1. The molecule has 1 aliphatic rings. The lowest BCUT2D eigenvalue weighted by atomic mass is 10.0. The van der Waals surface area contributed by atoms with Crippen LogP contribution in [-0.2, 0) is 24.3 Å². The average Bonchev–Trinajstić information content (AvgIpc) is 2.98. The highest BCUT2D eigenvalue weighted by Crippen LogP contribution is 2.25. The third-order valence-corrected chi connectivity index (χ3v) is 5.38. The molecule has 0 bridgehead atoms. The van der Waals surface area contributed by atoms with Crippen molar-refractivity contribution in [2.45, 2.75) is 52.7 Å². The number of nitrogens with one attached hydrogen (secondary N) is 1. The number of carbonyl (C=O) groups is 2. The minimum absolute atomic E-state index is 0.0773. The van der Waals surface area contributed by atoms with Crippen molar-refractivity contribution in [3.8, 4) is 5.75 Å². The van der Waals surface area contributed by atoms with E-state index in [0.717, 1.165) is 22.4 Å². The highest BCUT2D eigenvalue weighted by atomic mass is 16.5. The van der Waals surface area contributed by atoms with Crippen LogP contribution in [0.15, 0.2) is 48.5 Å². The molecule has 3 amide bonds. The Labute approximate surface area is 185 Å². The van der Waals surface area contributed by atoms with Gasteiger partial charge >= 0.3 is 6.03 Å². The molecule has 31 heavy (non-hydrogen) atoms. The van der Waals surface area contributed by atoms with Crippen molar-refractivity contribution in [2.75, 3.05) is 19.7 Å². The molecule has 0 fully saturated rings. The molecule has 1 aliphatic heterocycles. The van der Waals surface area contributed by atoms with E-state index in [4.69, 9.17) is 4.74 Å². The van der Waals surface area contributed by atoms with Gasteiger partial charge in [0.25, 0.3) is 0 Å². The maximum atomic E-state index is 12.8. The number of ether oxygens (including phenoxy) is 1. The van der Waals surface area contributed by atoms with Gasteiger partial charge in [0.1, 0.15) is 12.4 Å². The first-order valence-electron chi connectivity index (χ1n) is 11.1. The standard InChI is InChI=1S/C25H33N3O3/c1-4-27(17-21-8-6-5-7-9-21)24(29)13-11-20-10-12-23-22(16-20)18-28(14-15-31-23)25(30)26-19(2)3/h5-10,12,16,19H,4,11,13-15,17-18H2,1-3H3,(H,26,30). The Morgan fingerprint density at radius 1 is 1.13 bits per heavy atom. The Bertz CT molecular complexity index is 883. The minimum atomic E-state index is -0.0773. The Kier molecular flexibility index (Phi) is 7.93. The van der Waals surface area contributed by atoms with E-state index in [0.29, 0.717) is 45.6 Å². The summed E-state index contributed by atoms with van der Waals surface area (Å²) in [5, 5.41) is 2.95. The van der Waals surface area contributed by atoms with Gasteiger partial charge < -0.3 is 19.9 Å². The van der Waals surface area contributed by atoms with Crippen LogP contribution in [0.1, 0.15) is 43.9 Å². The molecule has 0 spiro atoms. The van der Waals surface area contributed by atoms with E-state index in [9.17, 15) is 9.59 Å². The van der Waals surface area contributed by atoms with Crippen molar-refractivity contribution in [1.82, 2.24) is 15.1 Å². The van der Waals surface area contributed by atoms with Crippen LogP contribution in [0, 0.1) is 0 Å². The van der Waals surface area contributed by atoms with Crippen molar-refractivity contribution in [2.24, 2.45) is 0 Å². The molecule has 0 saturated carbocycles. The number of hydrogen-bond donors (Lipinski definition) is 1. The van der Waals surface area contributed by atoms with E-state index in [-0.39, 0.29) is 18.0 Å². The molecule has 1 heterocycles. The summed E-state index contributed by atoms with van der Waals surface area (Å²) < 4.78 is 5.84. The molecule has 0 unspecified atom stereocenters. The summed E-state index contributed by atoms with van der Waals surface area (Å²) in [4.78, 5) is 28.9. The molecule has 0 aromatic heterocycles. The number of aryl methyl sites for hydroxylation is 1. The number of amides is 3. The zero-order valence-corrected chi connectivity index (χ0v) is 18.8. The molecule has 3 rings (SSSR count). The summed E-state index contributed by atoms with van der Waals surface area (Å²) >= 11 is 0. The van der Waals surface area contributed by atoms with Crippen LogP contribution < -0.4 is 10.1 Å². The SMILES string of the molecule is CCN(Cc1ccccc1)C(=O)CCc1ccc2c(c1)CN(C(=O)NC(C)C)CCO2. The number of rotatable bonds is 7. The van der Waals surface area contributed by atoms with Gasteiger partial charge in [-0.25, -0.2) is 4.79 Å². The van der Waals surface area contributed by atoms with E-state index < -0.39 is 0 Å². The monoisotopic (exact) mass is 423 g/mol. The quantitative estimate of drug-likeness (QED) is 0.733. The van der Waals surface area contributed by atoms with Gasteiger partial charge in [-0.1, -0.05) is 42.5 Å². The molecule has 1 N–H and O–H groups in total. The van der Waals surface area contributed by atoms with Crippen molar-refractivity contribution < 1.29 is 14.3 Å². The molecule has 6 nitrogen and oxygen atoms in total. The summed E-state index contributed by atoms with van der Waals surface area (Å²) in [5.74, 6) is 0.963. The lowest BCUT2D eigenvalue weighted by Crippen LogP contribution is -2.43. The fourth-order valence-corrected chi connectivity index (χ4v) is 3.70. The van der Waals surface area contributed by atoms with Crippen LogP contribution in [0.25, 0.3) is 0 Å². The van der Waals surface area contributed by atoms with E-state index >= 15 is 0 Å². The predicted octanol–water partition coefficient (Wildman–Crippen LogP) is 3.98. The Balaban J connectivity index is 1.62. The average molecular weight is 424 g/mol. The Morgan fingerprint density at radius 2 is 1.90 bits per heavy atom. The van der Waals surface area contributed by atoms with Crippen LogP contribution in [0.4, 0.5) is 4.79 Å². The predicted molar refractivity (Wildman–Crippen MR) is 122 cm³/mol. The zero-order valence-electron chi connectivity index (χ0n) is 18.8. The van der Waals surface area contributed by atoms with Gasteiger partial charge in [-0.3, -0.25) is 4.79 Å². The van der Waals surface area contributed by atoms with Crippen molar-refractivity contribution in [3.63, 3.8) is 0 Å². The van der Waals surface area contributed by atoms with Crippen LogP contribution >= 0.6 is 0 Å². The largest absolute Gasteiger partial charge is 0.491 e. The molecule has 2 aromatic rings. The molecule has 0 radical (unpaired) electrons. The number of carbonyl (C=O) groups excluding carboxylic acids is 2. The Hall–Kier alpha value is -3.02. The van der Waals surface area contributed by atoms with Gasteiger partial charge in [-0.05, 0) is 44.4 Å². The summed E-state index contributed by atoms with van der Waals surface area (Å²) in [6.45, 7) is 8.76. The van der Waals surface area contributed by atoms with Crippen LogP contribution in [0.2, 0.25) is 0 Å². The van der Waals surface area contributed by atoms with Crippen molar-refractivity contribution in [3.05, 3.63) is 65.2 Å². The fourth-order valence-electron chi connectivity index (χ4n) is 3.70. The minimum Gasteiger partial charge on any atom is -0.491 e. The maximum absolute atomic E-state index is 12.8. The first kappa shape index (κ1) is 22.7. The highest BCUT2D eigenvalue weighted by Gasteiger charge is 2.21. The summed E-state index contributed by atoms with van der Waals surface area (Å²) in [5.41, 5.74) is 3.20. The van der Waals surface area contributed by atoms with Gasteiger partial charge in [-0.15, -0.1) is 0 Å². The van der Waals surface area contributed by atoms with Crippen LogP contribution in [0.3, 0.4) is 0 Å². The fraction of sp³-hybridized carbons (Fsp3) is 0.440. The second-order valence-corrected chi connectivity index (χ2v) is 8.21. The first-order chi connectivity index (χ1) is 15.0. The first-order valence-corrected chi connectivity index (χ1v) is 11.1. The summed E-state index contributed by atoms with van der Waals surface area (Å²) in [7, 11) is 0. The number of fused-ring (bicyclic) bond motifs is 1. The maximum Gasteiger partial charge on any atom is 0.318 e. The Morgan fingerprint density at radius 3 is 2.61 bits per heavy atom. The molecule has 0 aliphatic carbocycles. The molecular weight excluding hydrogens is 390 g/mol. The number of benzene rings is 2. The highest BCUT2D eigenvalue weighted by molar-refractivity contribution is 5.76. The van der Waals surface area contributed by atoms with Gasteiger partial charge in [0.15, 0.2) is 0 Å². The van der Waals surface area contributed by atoms with E-state index in [1.165, 1.54) is 0 Å². The molecule has 0 saturated heterocycles. The number of urea groups is 1. The van der Waals surface area contributed by atoms with Crippen molar-refractivity contribution >= 4 is 11.9 Å². The van der Waals surface area contributed by atoms with Gasteiger partial charge in [0, 0.05) is 31.1 Å². The number of hydrogen-bond acceptors (Lipinski definition) is 3. The normalized spacial score (nSPS) is 13.2. The van der Waals surface area contributed by atoms with Crippen LogP contribution in [0.5, 0.6) is 5.75 Å². The molecule has 166 valence electrons. The molecular formula is C25H33N3O3. The molecule has 2 aromatic carbocycles. The van der Waals surface area contributed by atoms with Gasteiger partial charge in [0.05, 0.1) is 13.1 Å². The zero-order chi connectivity index (χ0) is 22.2. The van der Waals surface area contributed by atoms with Gasteiger partial charge in [0.2, 0.25) is 5.91 Å². The van der Waals surface area contributed by atoms with E-state index in [1.807, 2.05) is 68.1 Å². The third kappa shape index (κ3) is 6.48. The number of nitrogens with zero attached hydrogens (tertiary/aromatic N) is 2.